The molecule has 102 valence electrons. The minimum atomic E-state index is -0.0951. The van der Waals surface area contributed by atoms with E-state index in [9.17, 15) is 4.79 Å². The zero-order valence-corrected chi connectivity index (χ0v) is 11.3. The van der Waals surface area contributed by atoms with Gasteiger partial charge in [-0.05, 0) is 24.8 Å². The zero-order valence-electron chi connectivity index (χ0n) is 10.5. The number of carbonyl (C=O) groups is 1. The second-order valence-electron chi connectivity index (χ2n) is 4.80. The molecule has 1 saturated carbocycles. The molecule has 0 radical (unpaired) electrons. The Kier molecular flexibility index (Phi) is 4.12. The zero-order chi connectivity index (χ0) is 12.5. The van der Waals surface area contributed by atoms with Gasteiger partial charge in [0.25, 0.3) is 5.91 Å². The molecule has 3 N–H and O–H groups in total. The Morgan fingerprint density at radius 2 is 2.16 bits per heavy atom. The van der Waals surface area contributed by atoms with Crippen LogP contribution in [0.3, 0.4) is 0 Å². The molecule has 2 aromatic rings. The summed E-state index contributed by atoms with van der Waals surface area (Å²) in [5.74, 6) is 0.458. The summed E-state index contributed by atoms with van der Waals surface area (Å²) >= 11 is 0. The Morgan fingerprint density at radius 1 is 1.42 bits per heavy atom. The maximum atomic E-state index is 12.2. The molecule has 1 aromatic carbocycles. The topological polar surface area (TPSA) is 68.3 Å². The first-order valence-corrected chi connectivity index (χ1v) is 6.26. The van der Waals surface area contributed by atoms with Crippen molar-refractivity contribution in [1.29, 1.82) is 0 Å². The average Bonchev–Trinajstić information content (AvgIpc) is 3.14. The van der Waals surface area contributed by atoms with Crippen LogP contribution in [-0.4, -0.2) is 18.5 Å². The van der Waals surface area contributed by atoms with E-state index in [1.807, 2.05) is 24.3 Å². The molecular weight excluding hydrogens is 264 g/mol. The molecular formula is C14H17ClN2O2. The fraction of sp³-hybridized carbons (Fsp3) is 0.357. The molecule has 1 aliphatic rings. The van der Waals surface area contributed by atoms with Crippen molar-refractivity contribution < 1.29 is 9.21 Å². The van der Waals surface area contributed by atoms with E-state index in [0.29, 0.717) is 18.0 Å². The highest BCUT2D eigenvalue weighted by Crippen LogP contribution is 2.32. The van der Waals surface area contributed by atoms with Gasteiger partial charge in [0.05, 0.1) is 5.56 Å². The standard InChI is InChI=1S/C14H16N2O2.ClH/c15-7-12(9-5-6-9)16-14(17)11-8-18-13-4-2-1-3-10(11)13;/h1-4,8-9,12H,5-7,15H2,(H,16,17);1H. The molecule has 1 heterocycles. The Bertz CT molecular complexity index is 578. The van der Waals surface area contributed by atoms with Crippen LogP contribution in [0.2, 0.25) is 0 Å². The predicted octanol–water partition coefficient (Wildman–Crippen LogP) is 2.32. The fourth-order valence-corrected chi connectivity index (χ4v) is 2.27. The van der Waals surface area contributed by atoms with E-state index in [1.165, 1.54) is 6.26 Å². The molecule has 5 heteroatoms. The number of fused-ring (bicyclic) bond motifs is 1. The van der Waals surface area contributed by atoms with Gasteiger partial charge in [-0.3, -0.25) is 4.79 Å². The van der Waals surface area contributed by atoms with Gasteiger partial charge in [0.2, 0.25) is 0 Å². The number of hydrogen-bond acceptors (Lipinski definition) is 3. The van der Waals surface area contributed by atoms with Gasteiger partial charge in [0, 0.05) is 18.0 Å². The van der Waals surface area contributed by atoms with Crippen molar-refractivity contribution in [2.45, 2.75) is 18.9 Å². The monoisotopic (exact) mass is 280 g/mol. The number of para-hydroxylation sites is 1. The number of carbonyl (C=O) groups excluding carboxylic acids is 1. The van der Waals surface area contributed by atoms with Crippen LogP contribution in [0.25, 0.3) is 11.0 Å². The molecule has 4 nitrogen and oxygen atoms in total. The van der Waals surface area contributed by atoms with Gasteiger partial charge in [-0.25, -0.2) is 0 Å². The van der Waals surface area contributed by atoms with Crippen LogP contribution in [0.15, 0.2) is 34.9 Å². The Hall–Kier alpha value is -1.52. The molecule has 1 unspecified atom stereocenters. The first-order valence-electron chi connectivity index (χ1n) is 6.26. The maximum Gasteiger partial charge on any atom is 0.255 e. The van der Waals surface area contributed by atoms with Gasteiger partial charge in [-0.15, -0.1) is 12.4 Å². The van der Waals surface area contributed by atoms with Gasteiger partial charge in [-0.2, -0.15) is 0 Å². The van der Waals surface area contributed by atoms with Gasteiger partial charge in [0.1, 0.15) is 11.8 Å². The lowest BCUT2D eigenvalue weighted by molar-refractivity contribution is 0.0934. The predicted molar refractivity (Wildman–Crippen MR) is 76.5 cm³/mol. The number of amides is 1. The van der Waals surface area contributed by atoms with E-state index in [0.717, 1.165) is 23.8 Å². The maximum absolute atomic E-state index is 12.2. The van der Waals surface area contributed by atoms with Crippen molar-refractivity contribution in [3.8, 4) is 0 Å². The summed E-state index contributed by atoms with van der Waals surface area (Å²) in [5.41, 5.74) is 7.01. The molecule has 0 spiro atoms. The molecule has 1 fully saturated rings. The van der Waals surface area contributed by atoms with Crippen LogP contribution in [0, 0.1) is 5.92 Å². The number of nitrogens with one attached hydrogen (secondary N) is 1. The lowest BCUT2D eigenvalue weighted by Gasteiger charge is -2.15. The molecule has 0 bridgehead atoms. The molecule has 1 aliphatic carbocycles. The molecule has 1 aromatic heterocycles. The quantitative estimate of drug-likeness (QED) is 0.903. The summed E-state index contributed by atoms with van der Waals surface area (Å²) in [6.45, 7) is 0.492. The smallest absolute Gasteiger partial charge is 0.255 e. The summed E-state index contributed by atoms with van der Waals surface area (Å²) in [7, 11) is 0. The van der Waals surface area contributed by atoms with Crippen LogP contribution in [-0.2, 0) is 0 Å². The second-order valence-corrected chi connectivity index (χ2v) is 4.80. The third kappa shape index (κ3) is 2.74. The average molecular weight is 281 g/mol. The first-order chi connectivity index (χ1) is 8.79. The number of hydrogen-bond donors (Lipinski definition) is 2. The van der Waals surface area contributed by atoms with Gasteiger partial charge in [0.15, 0.2) is 0 Å². The highest BCUT2D eigenvalue weighted by atomic mass is 35.5. The molecule has 3 rings (SSSR count). The summed E-state index contributed by atoms with van der Waals surface area (Å²) in [6.07, 6.45) is 3.84. The summed E-state index contributed by atoms with van der Waals surface area (Å²) < 4.78 is 5.37. The summed E-state index contributed by atoms with van der Waals surface area (Å²) in [6, 6.07) is 7.62. The van der Waals surface area contributed by atoms with E-state index in [4.69, 9.17) is 10.2 Å². The van der Waals surface area contributed by atoms with Crippen LogP contribution in [0.4, 0.5) is 0 Å². The number of furan rings is 1. The van der Waals surface area contributed by atoms with Gasteiger partial charge < -0.3 is 15.5 Å². The highest BCUT2D eigenvalue weighted by Gasteiger charge is 2.31. The minimum Gasteiger partial charge on any atom is -0.463 e. The van der Waals surface area contributed by atoms with E-state index >= 15 is 0 Å². The SMILES string of the molecule is Cl.NCC(NC(=O)c1coc2ccccc12)C1CC1. The van der Waals surface area contributed by atoms with Crippen molar-refractivity contribution >= 4 is 29.3 Å². The van der Waals surface area contributed by atoms with E-state index in [2.05, 4.69) is 5.32 Å². The van der Waals surface area contributed by atoms with Crippen LogP contribution in [0.5, 0.6) is 0 Å². The minimum absolute atomic E-state index is 0. The van der Waals surface area contributed by atoms with Crippen LogP contribution < -0.4 is 11.1 Å². The van der Waals surface area contributed by atoms with Crippen molar-refractivity contribution in [3.63, 3.8) is 0 Å². The molecule has 0 aliphatic heterocycles. The van der Waals surface area contributed by atoms with Crippen LogP contribution in [0.1, 0.15) is 23.2 Å². The lowest BCUT2D eigenvalue weighted by atomic mass is 10.1. The lowest BCUT2D eigenvalue weighted by Crippen LogP contribution is -2.41. The van der Waals surface area contributed by atoms with E-state index in [1.54, 1.807) is 0 Å². The van der Waals surface area contributed by atoms with E-state index in [-0.39, 0.29) is 24.4 Å². The Labute approximate surface area is 117 Å². The van der Waals surface area contributed by atoms with Crippen molar-refractivity contribution in [2.75, 3.05) is 6.54 Å². The summed E-state index contributed by atoms with van der Waals surface area (Å²) in [4.78, 5) is 12.2. The van der Waals surface area contributed by atoms with Crippen LogP contribution >= 0.6 is 12.4 Å². The molecule has 1 atom stereocenters. The third-order valence-electron chi connectivity index (χ3n) is 3.49. The largest absolute Gasteiger partial charge is 0.463 e. The molecule has 0 saturated heterocycles. The molecule has 1 amide bonds. The van der Waals surface area contributed by atoms with Gasteiger partial charge >= 0.3 is 0 Å². The number of rotatable bonds is 4. The summed E-state index contributed by atoms with van der Waals surface area (Å²) in [5, 5.41) is 3.85. The second kappa shape index (κ2) is 5.63. The van der Waals surface area contributed by atoms with Gasteiger partial charge in [-0.1, -0.05) is 18.2 Å². The number of benzene rings is 1. The van der Waals surface area contributed by atoms with Crippen molar-refractivity contribution in [3.05, 3.63) is 36.1 Å². The number of halogens is 1. The first kappa shape index (κ1) is 13.9. The normalized spacial score (nSPS) is 15.8. The highest BCUT2D eigenvalue weighted by molar-refractivity contribution is 6.06. The Morgan fingerprint density at radius 3 is 2.84 bits per heavy atom. The number of nitrogens with two attached hydrogens (primary N) is 1. The van der Waals surface area contributed by atoms with E-state index < -0.39 is 0 Å². The van der Waals surface area contributed by atoms with Crippen molar-refractivity contribution in [1.82, 2.24) is 5.32 Å². The Balaban J connectivity index is 0.00000133. The van der Waals surface area contributed by atoms with Crippen molar-refractivity contribution in [2.24, 2.45) is 11.7 Å². The fourth-order valence-electron chi connectivity index (χ4n) is 2.27. The molecule has 19 heavy (non-hydrogen) atoms. The third-order valence-corrected chi connectivity index (χ3v) is 3.49.